The average molecular weight is 501 g/mol. The summed E-state index contributed by atoms with van der Waals surface area (Å²) in [4.78, 5) is 28.8. The molecule has 2 atom stereocenters. The normalized spacial score (nSPS) is 12.9. The van der Waals surface area contributed by atoms with Gasteiger partial charge in [0, 0.05) is 19.0 Å². The molecule has 0 saturated carbocycles. The number of hydrogen-bond acceptors (Lipinski definition) is 3. The number of benzene rings is 3. The molecule has 5 nitrogen and oxygen atoms in total. The van der Waals surface area contributed by atoms with Crippen LogP contribution in [0.15, 0.2) is 84.9 Å². The van der Waals surface area contributed by atoms with E-state index in [-0.39, 0.29) is 29.9 Å². The van der Waals surface area contributed by atoms with Gasteiger partial charge in [-0.2, -0.15) is 0 Å². The lowest BCUT2D eigenvalue weighted by molar-refractivity contribution is -0.143. The summed E-state index contributed by atoms with van der Waals surface area (Å²) in [6.07, 6.45) is 1.23. The predicted molar refractivity (Wildman–Crippen MR) is 149 cm³/mol. The van der Waals surface area contributed by atoms with E-state index >= 15 is 0 Å². The van der Waals surface area contributed by atoms with E-state index in [2.05, 4.69) is 26.1 Å². The van der Waals surface area contributed by atoms with Crippen molar-refractivity contribution in [1.29, 1.82) is 0 Å². The van der Waals surface area contributed by atoms with Crippen LogP contribution < -0.4 is 10.1 Å². The van der Waals surface area contributed by atoms with Crippen molar-refractivity contribution in [3.63, 3.8) is 0 Å². The van der Waals surface area contributed by atoms with Gasteiger partial charge < -0.3 is 15.0 Å². The summed E-state index contributed by atoms with van der Waals surface area (Å²) in [6.45, 7) is 10.6. The number of amides is 2. The van der Waals surface area contributed by atoms with Crippen molar-refractivity contribution in [1.82, 2.24) is 10.2 Å². The molecule has 0 heterocycles. The Bertz CT molecular complexity index is 1120. The van der Waals surface area contributed by atoms with Crippen molar-refractivity contribution in [3.8, 4) is 5.75 Å². The SMILES string of the molecule is CC[C@H](C)NC(=O)[C@H](Cc1ccccc1)N(Cc1ccccc1)C(=O)COc1ccc(C(C)(C)C)cc1. The predicted octanol–water partition coefficient (Wildman–Crippen LogP) is 5.92. The summed E-state index contributed by atoms with van der Waals surface area (Å²) in [5, 5.41) is 3.09. The molecule has 0 radical (unpaired) electrons. The molecule has 0 unspecified atom stereocenters. The molecule has 3 aromatic rings. The third kappa shape index (κ3) is 8.49. The van der Waals surface area contributed by atoms with E-state index in [1.807, 2.05) is 98.8 Å². The maximum Gasteiger partial charge on any atom is 0.261 e. The topological polar surface area (TPSA) is 58.6 Å². The molecule has 196 valence electrons. The molecule has 0 fully saturated rings. The first-order valence-electron chi connectivity index (χ1n) is 13.1. The van der Waals surface area contributed by atoms with Gasteiger partial charge in [-0.15, -0.1) is 0 Å². The standard InChI is InChI=1S/C32H40N2O3/c1-6-24(2)33-31(36)29(21-25-13-9-7-10-14-25)34(22-26-15-11-8-12-16-26)30(35)23-37-28-19-17-27(18-20-28)32(3,4)5/h7-20,24,29H,6,21-23H2,1-5H3,(H,33,36)/t24-,29-/m0/s1. The highest BCUT2D eigenvalue weighted by atomic mass is 16.5. The van der Waals surface area contributed by atoms with Gasteiger partial charge in [0.05, 0.1) is 0 Å². The molecule has 0 saturated heterocycles. The smallest absolute Gasteiger partial charge is 0.261 e. The summed E-state index contributed by atoms with van der Waals surface area (Å²) in [7, 11) is 0. The summed E-state index contributed by atoms with van der Waals surface area (Å²) in [5.41, 5.74) is 3.19. The van der Waals surface area contributed by atoms with Crippen LogP contribution >= 0.6 is 0 Å². The Labute approximate surface area is 221 Å². The minimum Gasteiger partial charge on any atom is -0.484 e. The molecule has 3 aromatic carbocycles. The maximum atomic E-state index is 13.7. The van der Waals surface area contributed by atoms with E-state index in [9.17, 15) is 9.59 Å². The Balaban J connectivity index is 1.86. The summed E-state index contributed by atoms with van der Waals surface area (Å²) >= 11 is 0. The minimum atomic E-state index is -0.670. The first kappa shape index (κ1) is 28.0. The molecule has 0 aliphatic heterocycles. The van der Waals surface area contributed by atoms with Crippen LogP contribution in [0.1, 0.15) is 57.7 Å². The van der Waals surface area contributed by atoms with Crippen molar-refractivity contribution >= 4 is 11.8 Å². The highest BCUT2D eigenvalue weighted by Crippen LogP contribution is 2.24. The van der Waals surface area contributed by atoms with Gasteiger partial charge in [0.25, 0.3) is 5.91 Å². The van der Waals surface area contributed by atoms with Gasteiger partial charge in [-0.05, 0) is 47.6 Å². The zero-order valence-electron chi connectivity index (χ0n) is 22.7. The molecule has 5 heteroatoms. The number of rotatable bonds is 11. The van der Waals surface area contributed by atoms with Crippen LogP contribution in [0, 0.1) is 0 Å². The Hall–Kier alpha value is -3.60. The first-order chi connectivity index (χ1) is 17.7. The highest BCUT2D eigenvalue weighted by Gasteiger charge is 2.31. The molecular weight excluding hydrogens is 460 g/mol. The van der Waals surface area contributed by atoms with Gasteiger partial charge in [0.15, 0.2) is 6.61 Å². The van der Waals surface area contributed by atoms with Crippen molar-refractivity contribution in [2.45, 2.75) is 71.5 Å². The van der Waals surface area contributed by atoms with Crippen molar-refractivity contribution in [2.24, 2.45) is 0 Å². The van der Waals surface area contributed by atoms with Crippen molar-refractivity contribution < 1.29 is 14.3 Å². The number of carbonyl (C=O) groups excluding carboxylic acids is 2. The fraction of sp³-hybridized carbons (Fsp3) is 0.375. The Kier molecular flexibility index (Phi) is 9.90. The van der Waals surface area contributed by atoms with Crippen LogP contribution in [0.4, 0.5) is 0 Å². The van der Waals surface area contributed by atoms with E-state index in [4.69, 9.17) is 4.74 Å². The van der Waals surface area contributed by atoms with Gasteiger partial charge >= 0.3 is 0 Å². The van der Waals surface area contributed by atoms with Gasteiger partial charge in [-0.1, -0.05) is 100 Å². The molecule has 0 bridgehead atoms. The third-order valence-electron chi connectivity index (χ3n) is 6.55. The lowest BCUT2D eigenvalue weighted by atomic mass is 9.87. The van der Waals surface area contributed by atoms with Crippen molar-refractivity contribution in [3.05, 3.63) is 102 Å². The molecule has 0 aliphatic rings. The monoisotopic (exact) mass is 500 g/mol. The molecule has 37 heavy (non-hydrogen) atoms. The molecule has 0 spiro atoms. The van der Waals surface area contributed by atoms with Gasteiger partial charge in [0.2, 0.25) is 5.91 Å². The fourth-order valence-electron chi connectivity index (χ4n) is 4.05. The second-order valence-electron chi connectivity index (χ2n) is 10.6. The number of ether oxygens (including phenoxy) is 1. The van der Waals surface area contributed by atoms with Crippen molar-refractivity contribution in [2.75, 3.05) is 6.61 Å². The van der Waals surface area contributed by atoms with E-state index < -0.39 is 6.04 Å². The van der Waals surface area contributed by atoms with Gasteiger partial charge in [-0.3, -0.25) is 9.59 Å². The molecule has 0 aromatic heterocycles. The van der Waals surface area contributed by atoms with Crippen LogP contribution in [-0.2, 0) is 28.0 Å². The van der Waals surface area contributed by atoms with Crippen LogP contribution in [0.2, 0.25) is 0 Å². The van der Waals surface area contributed by atoms with Crippen LogP contribution in [0.5, 0.6) is 5.75 Å². The van der Waals surface area contributed by atoms with E-state index in [0.717, 1.165) is 17.5 Å². The number of nitrogens with zero attached hydrogens (tertiary/aromatic N) is 1. The zero-order valence-corrected chi connectivity index (χ0v) is 22.7. The largest absolute Gasteiger partial charge is 0.484 e. The number of hydrogen-bond donors (Lipinski definition) is 1. The van der Waals surface area contributed by atoms with Gasteiger partial charge in [0.1, 0.15) is 11.8 Å². The fourth-order valence-corrected chi connectivity index (χ4v) is 4.05. The van der Waals surface area contributed by atoms with Crippen LogP contribution in [-0.4, -0.2) is 35.4 Å². The highest BCUT2D eigenvalue weighted by molar-refractivity contribution is 5.88. The lowest BCUT2D eigenvalue weighted by Crippen LogP contribution is -2.53. The number of nitrogens with one attached hydrogen (secondary N) is 1. The summed E-state index contributed by atoms with van der Waals surface area (Å²) in [6, 6.07) is 26.8. The Morgan fingerprint density at radius 1 is 0.865 bits per heavy atom. The maximum absolute atomic E-state index is 13.7. The molecule has 1 N–H and O–H groups in total. The quantitative estimate of drug-likeness (QED) is 0.356. The van der Waals surface area contributed by atoms with Gasteiger partial charge in [-0.25, -0.2) is 0 Å². The average Bonchev–Trinajstić information content (AvgIpc) is 2.90. The second kappa shape index (κ2) is 13.1. The van der Waals surface area contributed by atoms with E-state index in [1.165, 1.54) is 5.56 Å². The van der Waals surface area contributed by atoms with E-state index in [0.29, 0.717) is 18.7 Å². The zero-order chi connectivity index (χ0) is 26.8. The van der Waals surface area contributed by atoms with Crippen LogP contribution in [0.25, 0.3) is 0 Å². The second-order valence-corrected chi connectivity index (χ2v) is 10.6. The third-order valence-corrected chi connectivity index (χ3v) is 6.55. The van der Waals surface area contributed by atoms with Crippen LogP contribution in [0.3, 0.4) is 0 Å². The molecule has 0 aliphatic carbocycles. The summed E-state index contributed by atoms with van der Waals surface area (Å²) in [5.74, 6) is 0.241. The van der Waals surface area contributed by atoms with E-state index in [1.54, 1.807) is 4.90 Å². The summed E-state index contributed by atoms with van der Waals surface area (Å²) < 4.78 is 5.91. The molecular formula is C32H40N2O3. The molecule has 2 amide bonds. The Morgan fingerprint density at radius 2 is 1.43 bits per heavy atom. The minimum absolute atomic E-state index is 0.0111. The first-order valence-corrected chi connectivity index (χ1v) is 13.1. The Morgan fingerprint density at radius 3 is 1.97 bits per heavy atom. The molecule has 3 rings (SSSR count). The lowest BCUT2D eigenvalue weighted by Gasteiger charge is -2.32. The number of carbonyl (C=O) groups is 2.